The minimum Gasteiger partial charge on any atom is -0.349 e. The Balaban J connectivity index is 1.85. The number of nitrogens with one attached hydrogen (secondary N) is 1. The van der Waals surface area contributed by atoms with E-state index in [1.807, 2.05) is 18.4 Å². The summed E-state index contributed by atoms with van der Waals surface area (Å²) in [7, 11) is 0. The Labute approximate surface area is 104 Å². The van der Waals surface area contributed by atoms with E-state index in [0.29, 0.717) is 13.0 Å². The maximum absolute atomic E-state index is 11.7. The highest BCUT2D eigenvalue weighted by Gasteiger charge is 2.04. The highest BCUT2D eigenvalue weighted by molar-refractivity contribution is 7.09. The van der Waals surface area contributed by atoms with Crippen molar-refractivity contribution in [3.05, 3.63) is 46.2 Å². The van der Waals surface area contributed by atoms with Gasteiger partial charge in [0.15, 0.2) is 0 Å². The van der Waals surface area contributed by atoms with Gasteiger partial charge in [0.1, 0.15) is 5.01 Å². The van der Waals surface area contributed by atoms with Gasteiger partial charge in [-0.05, 0) is 18.1 Å². The van der Waals surface area contributed by atoms with E-state index >= 15 is 0 Å². The van der Waals surface area contributed by atoms with Crippen LogP contribution in [0.15, 0.2) is 30.0 Å². The fourth-order valence-electron chi connectivity index (χ4n) is 1.48. The molecule has 0 aliphatic carbocycles. The monoisotopic (exact) mass is 247 g/mol. The van der Waals surface area contributed by atoms with Crippen molar-refractivity contribution in [3.63, 3.8) is 0 Å². The molecule has 1 amide bonds. The Morgan fingerprint density at radius 3 is 3.06 bits per heavy atom. The zero-order valence-corrected chi connectivity index (χ0v) is 10.3. The van der Waals surface area contributed by atoms with Crippen LogP contribution in [-0.2, 0) is 17.8 Å². The minimum atomic E-state index is -0.00685. The van der Waals surface area contributed by atoms with Crippen LogP contribution in [0.25, 0.3) is 0 Å². The summed E-state index contributed by atoms with van der Waals surface area (Å²) >= 11 is 1.54. The Bertz CT molecular complexity index is 496. The second-order valence-electron chi connectivity index (χ2n) is 3.75. The molecule has 0 radical (unpaired) electrons. The van der Waals surface area contributed by atoms with Crippen molar-refractivity contribution in [3.8, 4) is 0 Å². The summed E-state index contributed by atoms with van der Waals surface area (Å²) in [4.78, 5) is 19.8. The van der Waals surface area contributed by atoms with E-state index in [1.54, 1.807) is 18.6 Å². The van der Waals surface area contributed by atoms with E-state index in [4.69, 9.17) is 0 Å². The fourth-order valence-corrected chi connectivity index (χ4v) is 2.03. The number of aryl methyl sites for hydroxylation is 1. The third-order valence-electron chi connectivity index (χ3n) is 2.22. The molecule has 0 aliphatic rings. The van der Waals surface area contributed by atoms with Crippen LogP contribution >= 0.6 is 11.3 Å². The van der Waals surface area contributed by atoms with Crippen LogP contribution in [0, 0.1) is 6.92 Å². The van der Waals surface area contributed by atoms with Crippen molar-refractivity contribution in [2.24, 2.45) is 0 Å². The van der Waals surface area contributed by atoms with Crippen LogP contribution in [0.3, 0.4) is 0 Å². The molecule has 0 aromatic carbocycles. The highest BCUT2D eigenvalue weighted by atomic mass is 32.1. The molecule has 2 rings (SSSR count). The van der Waals surface area contributed by atoms with E-state index in [0.717, 1.165) is 16.1 Å². The van der Waals surface area contributed by atoms with E-state index in [2.05, 4.69) is 15.3 Å². The summed E-state index contributed by atoms with van der Waals surface area (Å²) in [6.07, 6.45) is 5.59. The van der Waals surface area contributed by atoms with E-state index in [9.17, 15) is 4.79 Å². The van der Waals surface area contributed by atoms with Gasteiger partial charge < -0.3 is 5.32 Å². The summed E-state index contributed by atoms with van der Waals surface area (Å²) in [5.74, 6) is -0.00685. The van der Waals surface area contributed by atoms with Crippen LogP contribution in [0.2, 0.25) is 0 Å². The molecule has 5 heteroatoms. The molecule has 0 aliphatic heterocycles. The second kappa shape index (κ2) is 5.54. The summed E-state index contributed by atoms with van der Waals surface area (Å²) in [5.41, 5.74) is 2.00. The average molecular weight is 247 g/mol. The number of carbonyl (C=O) groups is 1. The van der Waals surface area contributed by atoms with Gasteiger partial charge in [0.25, 0.3) is 0 Å². The van der Waals surface area contributed by atoms with Gasteiger partial charge in [0.2, 0.25) is 5.91 Å². The molecule has 0 fully saturated rings. The number of rotatable bonds is 4. The first kappa shape index (κ1) is 11.7. The first-order valence-corrected chi connectivity index (χ1v) is 6.17. The number of carbonyl (C=O) groups excluding carboxylic acids is 1. The third-order valence-corrected chi connectivity index (χ3v) is 3.00. The molecule has 0 atom stereocenters. The first-order chi connectivity index (χ1) is 8.24. The molecule has 0 spiro atoms. The molecule has 88 valence electrons. The van der Waals surface area contributed by atoms with Gasteiger partial charge >= 0.3 is 0 Å². The van der Waals surface area contributed by atoms with Crippen molar-refractivity contribution >= 4 is 17.2 Å². The highest BCUT2D eigenvalue weighted by Crippen LogP contribution is 2.04. The zero-order valence-electron chi connectivity index (χ0n) is 9.51. The number of nitrogens with zero attached hydrogens (tertiary/aromatic N) is 2. The minimum absolute atomic E-state index is 0.00685. The normalized spacial score (nSPS) is 10.2. The number of pyridine rings is 1. The molecule has 0 bridgehead atoms. The smallest absolute Gasteiger partial charge is 0.224 e. The van der Waals surface area contributed by atoms with E-state index in [-0.39, 0.29) is 5.91 Å². The predicted octanol–water partition coefficient (Wildman–Crippen LogP) is 1.71. The van der Waals surface area contributed by atoms with Crippen molar-refractivity contribution in [2.75, 3.05) is 0 Å². The van der Waals surface area contributed by atoms with Gasteiger partial charge in [-0.15, -0.1) is 11.3 Å². The second-order valence-corrected chi connectivity index (χ2v) is 4.73. The van der Waals surface area contributed by atoms with Crippen LogP contribution in [0.4, 0.5) is 0 Å². The molecule has 2 aromatic rings. The van der Waals surface area contributed by atoms with Crippen molar-refractivity contribution in [1.82, 2.24) is 15.3 Å². The van der Waals surface area contributed by atoms with Crippen LogP contribution in [0.1, 0.15) is 16.1 Å². The molecule has 17 heavy (non-hydrogen) atoms. The standard InChI is InChI=1S/C12H13N3OS/c1-9-4-10(7-13-6-9)5-11(16)15-8-12-14-2-3-17-12/h2-4,6-7H,5,8H2,1H3,(H,15,16). The molecule has 0 unspecified atom stereocenters. The zero-order chi connectivity index (χ0) is 12.1. The summed E-state index contributed by atoms with van der Waals surface area (Å²) < 4.78 is 0. The number of hydrogen-bond donors (Lipinski definition) is 1. The van der Waals surface area contributed by atoms with Crippen molar-refractivity contribution in [1.29, 1.82) is 0 Å². The first-order valence-electron chi connectivity index (χ1n) is 5.29. The quantitative estimate of drug-likeness (QED) is 0.894. The van der Waals surface area contributed by atoms with Gasteiger partial charge in [0, 0.05) is 24.0 Å². The van der Waals surface area contributed by atoms with Crippen LogP contribution in [0.5, 0.6) is 0 Å². The molecule has 1 N–H and O–H groups in total. The van der Waals surface area contributed by atoms with E-state index < -0.39 is 0 Å². The Morgan fingerprint density at radius 2 is 2.35 bits per heavy atom. The SMILES string of the molecule is Cc1cncc(CC(=O)NCc2nccs2)c1. The number of amides is 1. The van der Waals surface area contributed by atoms with Gasteiger partial charge in [-0.2, -0.15) is 0 Å². The topological polar surface area (TPSA) is 54.9 Å². The van der Waals surface area contributed by atoms with E-state index in [1.165, 1.54) is 11.3 Å². The number of hydrogen-bond acceptors (Lipinski definition) is 4. The van der Waals surface area contributed by atoms with Gasteiger partial charge in [-0.1, -0.05) is 6.07 Å². The lowest BCUT2D eigenvalue weighted by atomic mass is 10.1. The number of thiazole rings is 1. The lowest BCUT2D eigenvalue weighted by Gasteiger charge is -2.03. The summed E-state index contributed by atoms with van der Waals surface area (Å²) in [6, 6.07) is 1.97. The molecular weight excluding hydrogens is 234 g/mol. The Hall–Kier alpha value is -1.75. The lowest BCUT2D eigenvalue weighted by Crippen LogP contribution is -2.24. The third kappa shape index (κ3) is 3.64. The van der Waals surface area contributed by atoms with Crippen molar-refractivity contribution in [2.45, 2.75) is 19.9 Å². The summed E-state index contributed by atoms with van der Waals surface area (Å²) in [6.45, 7) is 2.46. The molecular formula is C12H13N3OS. The van der Waals surface area contributed by atoms with Gasteiger partial charge in [-0.25, -0.2) is 4.98 Å². The molecule has 0 saturated carbocycles. The van der Waals surface area contributed by atoms with Gasteiger partial charge in [0.05, 0.1) is 13.0 Å². The molecule has 2 aromatic heterocycles. The number of aromatic nitrogens is 2. The molecule has 2 heterocycles. The van der Waals surface area contributed by atoms with Crippen molar-refractivity contribution < 1.29 is 4.79 Å². The van der Waals surface area contributed by atoms with Crippen LogP contribution in [-0.4, -0.2) is 15.9 Å². The molecule has 0 saturated heterocycles. The average Bonchev–Trinajstić information content (AvgIpc) is 2.79. The lowest BCUT2D eigenvalue weighted by molar-refractivity contribution is -0.120. The maximum Gasteiger partial charge on any atom is 0.224 e. The fraction of sp³-hybridized carbons (Fsp3) is 0.250. The van der Waals surface area contributed by atoms with Gasteiger partial charge in [-0.3, -0.25) is 9.78 Å². The summed E-state index contributed by atoms with van der Waals surface area (Å²) in [5, 5.41) is 5.65. The van der Waals surface area contributed by atoms with Crippen LogP contribution < -0.4 is 5.32 Å². The predicted molar refractivity (Wildman–Crippen MR) is 66.6 cm³/mol. The Kier molecular flexibility index (Phi) is 3.82. The largest absolute Gasteiger partial charge is 0.349 e. The Morgan fingerprint density at radius 1 is 1.47 bits per heavy atom. The maximum atomic E-state index is 11.7. The molecule has 4 nitrogen and oxygen atoms in total.